The lowest BCUT2D eigenvalue weighted by Gasteiger charge is -2.13. The number of nitrogens with zero attached hydrogens (tertiary/aromatic N) is 2. The molecule has 0 radical (unpaired) electrons. The van der Waals surface area contributed by atoms with Crippen LogP contribution in [0, 0.1) is 0 Å². The predicted octanol–water partition coefficient (Wildman–Crippen LogP) is 4.91. The molecule has 0 saturated carbocycles. The number of Topliss-reactive ketones (excluding diaryl/α,β-unsaturated/α-hetero) is 1. The number of aliphatic imine (C=N–C) groups is 1. The topological polar surface area (TPSA) is 58.1 Å². The molecule has 0 bridgehead atoms. The zero-order valence-corrected chi connectivity index (χ0v) is 15.1. The highest BCUT2D eigenvalue weighted by molar-refractivity contribution is 7.09. The van der Waals surface area contributed by atoms with Crippen molar-refractivity contribution in [1.82, 2.24) is 10.2 Å². The Morgan fingerprint density at radius 1 is 1.15 bits per heavy atom. The minimum absolute atomic E-state index is 0.0893. The van der Waals surface area contributed by atoms with Gasteiger partial charge in [-0.25, -0.2) is 0 Å². The SMILES string of the molecule is O=C(CC1=C(c2cc(Cc3cccs3)[nH]n2)CCC=N1)c1ccccc1. The van der Waals surface area contributed by atoms with Crippen molar-refractivity contribution in [2.24, 2.45) is 4.99 Å². The van der Waals surface area contributed by atoms with E-state index < -0.39 is 0 Å². The molecule has 0 spiro atoms. The second-order valence-corrected chi connectivity index (χ2v) is 7.31. The predicted molar refractivity (Wildman–Crippen MR) is 106 cm³/mol. The number of aromatic amines is 1. The number of carbonyl (C=O) groups excluding carboxylic acids is 1. The molecule has 1 aliphatic heterocycles. The van der Waals surface area contributed by atoms with Gasteiger partial charge in [0, 0.05) is 34.3 Å². The van der Waals surface area contributed by atoms with Crippen LogP contribution in [-0.4, -0.2) is 22.2 Å². The first-order valence-corrected chi connectivity index (χ1v) is 9.57. The van der Waals surface area contributed by atoms with Gasteiger partial charge in [0.25, 0.3) is 0 Å². The lowest BCUT2D eigenvalue weighted by Crippen LogP contribution is -2.05. The van der Waals surface area contributed by atoms with Gasteiger partial charge in [-0.3, -0.25) is 14.9 Å². The fraction of sp³-hybridized carbons (Fsp3) is 0.190. The standard InChI is InChI=1S/C21H19N3OS/c25-21(15-6-2-1-3-7-15)14-19-18(9-4-10-22-19)20-13-16(23-24-20)12-17-8-5-11-26-17/h1-3,5-8,10-11,13H,4,9,12,14H2,(H,23,24). The molecule has 0 aliphatic carbocycles. The van der Waals surface area contributed by atoms with E-state index >= 15 is 0 Å². The maximum Gasteiger partial charge on any atom is 0.168 e. The quantitative estimate of drug-likeness (QED) is 0.634. The third kappa shape index (κ3) is 3.73. The van der Waals surface area contributed by atoms with Crippen LogP contribution in [0.2, 0.25) is 0 Å². The summed E-state index contributed by atoms with van der Waals surface area (Å²) in [5, 5.41) is 9.70. The normalized spacial score (nSPS) is 14.0. The summed E-state index contributed by atoms with van der Waals surface area (Å²) in [6.45, 7) is 0. The van der Waals surface area contributed by atoms with Crippen molar-refractivity contribution in [2.45, 2.75) is 25.7 Å². The summed E-state index contributed by atoms with van der Waals surface area (Å²) < 4.78 is 0. The third-order valence-corrected chi connectivity index (χ3v) is 5.30. The van der Waals surface area contributed by atoms with E-state index in [4.69, 9.17) is 0 Å². The summed E-state index contributed by atoms with van der Waals surface area (Å²) in [5.41, 5.74) is 4.62. The lowest BCUT2D eigenvalue weighted by atomic mass is 9.97. The third-order valence-electron chi connectivity index (χ3n) is 4.43. The van der Waals surface area contributed by atoms with Crippen molar-refractivity contribution in [2.75, 3.05) is 0 Å². The molecule has 0 saturated heterocycles. The minimum Gasteiger partial charge on any atom is -0.294 e. The van der Waals surface area contributed by atoms with Gasteiger partial charge in [-0.05, 0) is 30.4 Å². The lowest BCUT2D eigenvalue weighted by molar-refractivity contribution is 0.0992. The van der Waals surface area contributed by atoms with Gasteiger partial charge in [0.1, 0.15) is 0 Å². The van der Waals surface area contributed by atoms with Gasteiger partial charge in [0.05, 0.1) is 17.8 Å². The second kappa shape index (κ2) is 7.62. The molecule has 0 atom stereocenters. The Kier molecular flexibility index (Phi) is 4.88. The molecular formula is C21H19N3OS. The summed E-state index contributed by atoms with van der Waals surface area (Å²) in [5.74, 6) is 0.0893. The van der Waals surface area contributed by atoms with E-state index in [1.54, 1.807) is 11.3 Å². The van der Waals surface area contributed by atoms with Crippen molar-refractivity contribution in [1.29, 1.82) is 0 Å². The van der Waals surface area contributed by atoms with Crippen molar-refractivity contribution in [3.63, 3.8) is 0 Å². The van der Waals surface area contributed by atoms with Crippen LogP contribution in [0.5, 0.6) is 0 Å². The van der Waals surface area contributed by atoms with Crippen molar-refractivity contribution >= 4 is 28.9 Å². The Hall–Kier alpha value is -2.79. The van der Waals surface area contributed by atoms with Crippen LogP contribution in [-0.2, 0) is 6.42 Å². The molecule has 4 nitrogen and oxygen atoms in total. The zero-order valence-electron chi connectivity index (χ0n) is 14.3. The van der Waals surface area contributed by atoms with E-state index in [-0.39, 0.29) is 5.78 Å². The molecule has 1 N–H and O–H groups in total. The molecule has 2 aromatic heterocycles. The van der Waals surface area contributed by atoms with Gasteiger partial charge >= 0.3 is 0 Å². The van der Waals surface area contributed by atoms with Gasteiger partial charge < -0.3 is 0 Å². The monoisotopic (exact) mass is 361 g/mol. The second-order valence-electron chi connectivity index (χ2n) is 6.28. The maximum absolute atomic E-state index is 12.6. The summed E-state index contributed by atoms with van der Waals surface area (Å²) in [4.78, 5) is 18.4. The average molecular weight is 361 g/mol. The number of ketones is 1. The first-order valence-electron chi connectivity index (χ1n) is 8.69. The van der Waals surface area contributed by atoms with Gasteiger partial charge in [-0.2, -0.15) is 5.10 Å². The highest BCUT2D eigenvalue weighted by Crippen LogP contribution is 2.29. The Balaban J connectivity index is 1.57. The molecule has 3 heterocycles. The number of carbonyl (C=O) groups is 1. The first-order chi connectivity index (χ1) is 12.8. The van der Waals surface area contributed by atoms with Crippen LogP contribution in [0.3, 0.4) is 0 Å². The number of hydrogen-bond acceptors (Lipinski definition) is 4. The number of rotatable bonds is 6. The highest BCUT2D eigenvalue weighted by atomic mass is 32.1. The molecule has 0 unspecified atom stereocenters. The van der Waals surface area contributed by atoms with Crippen LogP contribution in [0.15, 0.2) is 64.6 Å². The smallest absolute Gasteiger partial charge is 0.168 e. The fourth-order valence-electron chi connectivity index (χ4n) is 3.12. The number of nitrogens with one attached hydrogen (secondary N) is 1. The van der Waals surface area contributed by atoms with Crippen molar-refractivity contribution in [3.05, 3.63) is 81.4 Å². The Labute approximate surface area is 156 Å². The van der Waals surface area contributed by atoms with Gasteiger partial charge in [0.15, 0.2) is 5.78 Å². The van der Waals surface area contributed by atoms with Gasteiger partial charge in [0.2, 0.25) is 0 Å². The molecule has 3 aromatic rings. The number of allylic oxidation sites excluding steroid dienone is 2. The van der Waals surface area contributed by atoms with Crippen LogP contribution < -0.4 is 0 Å². The zero-order chi connectivity index (χ0) is 17.8. The Morgan fingerprint density at radius 2 is 2.04 bits per heavy atom. The minimum atomic E-state index is 0.0893. The van der Waals surface area contributed by atoms with E-state index in [2.05, 4.69) is 38.8 Å². The van der Waals surface area contributed by atoms with Crippen molar-refractivity contribution in [3.8, 4) is 0 Å². The summed E-state index contributed by atoms with van der Waals surface area (Å²) in [7, 11) is 0. The summed E-state index contributed by atoms with van der Waals surface area (Å²) in [6, 6.07) is 15.7. The first kappa shape index (κ1) is 16.7. The number of thiophene rings is 1. The number of H-pyrrole nitrogens is 1. The van der Waals surface area contributed by atoms with E-state index in [0.717, 1.165) is 47.5 Å². The van der Waals surface area contributed by atoms with Crippen LogP contribution in [0.25, 0.3) is 5.57 Å². The highest BCUT2D eigenvalue weighted by Gasteiger charge is 2.18. The van der Waals surface area contributed by atoms with Crippen LogP contribution in [0.1, 0.15) is 45.9 Å². The number of hydrogen-bond donors (Lipinski definition) is 1. The largest absolute Gasteiger partial charge is 0.294 e. The molecule has 130 valence electrons. The molecule has 4 rings (SSSR count). The number of aromatic nitrogens is 2. The van der Waals surface area contributed by atoms with Gasteiger partial charge in [-0.15, -0.1) is 11.3 Å². The van der Waals surface area contributed by atoms with E-state index in [1.807, 2.05) is 36.5 Å². The van der Waals surface area contributed by atoms with Crippen LogP contribution >= 0.6 is 11.3 Å². The van der Waals surface area contributed by atoms with Crippen molar-refractivity contribution < 1.29 is 4.79 Å². The fourth-order valence-corrected chi connectivity index (χ4v) is 3.85. The van der Waals surface area contributed by atoms with Crippen LogP contribution in [0.4, 0.5) is 0 Å². The summed E-state index contributed by atoms with van der Waals surface area (Å²) >= 11 is 1.74. The Morgan fingerprint density at radius 3 is 2.85 bits per heavy atom. The molecule has 0 fully saturated rings. The molecule has 1 aliphatic rings. The van der Waals surface area contributed by atoms with E-state index in [9.17, 15) is 4.79 Å². The number of benzene rings is 1. The summed E-state index contributed by atoms with van der Waals surface area (Å²) in [6.07, 6.45) is 4.80. The molecule has 26 heavy (non-hydrogen) atoms. The Bertz CT molecular complexity index is 952. The molecule has 1 aromatic carbocycles. The molecule has 0 amide bonds. The average Bonchev–Trinajstić information content (AvgIpc) is 3.35. The van der Waals surface area contributed by atoms with E-state index in [1.165, 1.54) is 4.88 Å². The molecular weight excluding hydrogens is 342 g/mol. The van der Waals surface area contributed by atoms with Gasteiger partial charge in [-0.1, -0.05) is 36.4 Å². The maximum atomic E-state index is 12.6. The van der Waals surface area contributed by atoms with E-state index in [0.29, 0.717) is 6.42 Å². The molecule has 5 heteroatoms.